The molecule has 1 amide bonds. The molecule has 2 heterocycles. The summed E-state index contributed by atoms with van der Waals surface area (Å²) in [5.74, 6) is 0.612. The second kappa shape index (κ2) is 9.71. The first-order chi connectivity index (χ1) is 14.1. The summed E-state index contributed by atoms with van der Waals surface area (Å²) < 4.78 is 5.19. The van der Waals surface area contributed by atoms with Crippen molar-refractivity contribution in [1.82, 2.24) is 9.97 Å². The number of carbonyl (C=O) groups excluding carboxylic acids is 1. The predicted molar refractivity (Wildman–Crippen MR) is 114 cm³/mol. The fraction of sp³-hybridized carbons (Fsp3) is 0.182. The molecular weight excluding hydrogens is 384 g/mol. The second-order valence-electron chi connectivity index (χ2n) is 6.14. The highest BCUT2D eigenvalue weighted by molar-refractivity contribution is 8.00. The molecule has 146 valence electrons. The molecular formula is C22H20N4O2S. The smallest absolute Gasteiger partial charge is 0.237 e. The van der Waals surface area contributed by atoms with E-state index >= 15 is 0 Å². The second-order valence-corrected chi connectivity index (χ2v) is 7.33. The molecule has 1 unspecified atom stereocenters. The zero-order chi connectivity index (χ0) is 20.6. The van der Waals surface area contributed by atoms with Gasteiger partial charge in [0, 0.05) is 11.8 Å². The van der Waals surface area contributed by atoms with E-state index in [2.05, 4.69) is 21.4 Å². The topological polar surface area (TPSA) is 87.9 Å². The third-order valence-electron chi connectivity index (χ3n) is 4.21. The number of nitrogens with zero attached hydrogens (tertiary/aromatic N) is 3. The summed E-state index contributed by atoms with van der Waals surface area (Å²) in [4.78, 5) is 21.3. The van der Waals surface area contributed by atoms with E-state index in [4.69, 9.17) is 4.74 Å². The van der Waals surface area contributed by atoms with Crippen molar-refractivity contribution in [3.8, 4) is 23.1 Å². The van der Waals surface area contributed by atoms with Crippen LogP contribution in [-0.2, 0) is 4.79 Å². The maximum Gasteiger partial charge on any atom is 0.237 e. The minimum Gasteiger partial charge on any atom is -0.497 e. The molecule has 29 heavy (non-hydrogen) atoms. The fourth-order valence-corrected chi connectivity index (χ4v) is 3.65. The summed E-state index contributed by atoms with van der Waals surface area (Å²) in [6.07, 6.45) is 3.84. The summed E-state index contributed by atoms with van der Waals surface area (Å²) in [5.41, 5.74) is 2.72. The Balaban J connectivity index is 1.83. The number of rotatable bonds is 7. The van der Waals surface area contributed by atoms with Gasteiger partial charge in [0.15, 0.2) is 0 Å². The molecule has 0 aliphatic heterocycles. The van der Waals surface area contributed by atoms with Gasteiger partial charge in [-0.3, -0.25) is 9.78 Å². The molecule has 0 aliphatic carbocycles. The lowest BCUT2D eigenvalue weighted by Gasteiger charge is -2.15. The van der Waals surface area contributed by atoms with Crippen molar-refractivity contribution < 1.29 is 9.53 Å². The number of benzene rings is 1. The molecule has 1 aromatic carbocycles. The van der Waals surface area contributed by atoms with Crippen LogP contribution in [0.15, 0.2) is 66.0 Å². The first-order valence-corrected chi connectivity index (χ1v) is 9.95. The third-order valence-corrected chi connectivity index (χ3v) is 5.58. The van der Waals surface area contributed by atoms with Gasteiger partial charge in [0.1, 0.15) is 16.8 Å². The molecule has 0 spiro atoms. The summed E-state index contributed by atoms with van der Waals surface area (Å²) in [5, 5.41) is 12.5. The number of ether oxygens (including phenoxy) is 1. The van der Waals surface area contributed by atoms with Gasteiger partial charge >= 0.3 is 0 Å². The molecule has 0 fully saturated rings. The van der Waals surface area contributed by atoms with E-state index in [0.717, 1.165) is 17.0 Å². The summed E-state index contributed by atoms with van der Waals surface area (Å²) >= 11 is 1.29. The fourth-order valence-electron chi connectivity index (χ4n) is 2.65. The van der Waals surface area contributed by atoms with Crippen LogP contribution in [0.4, 0.5) is 5.69 Å². The van der Waals surface area contributed by atoms with E-state index in [1.165, 1.54) is 11.8 Å². The Morgan fingerprint density at radius 2 is 2.03 bits per heavy atom. The summed E-state index contributed by atoms with van der Waals surface area (Å²) in [7, 11) is 1.62. The SMILES string of the molecule is CCC(Sc1nc(-c2ccc(OC)cc2)ccc1C#N)C(=O)Nc1cccnc1. The Morgan fingerprint density at radius 1 is 1.24 bits per heavy atom. The molecule has 0 bridgehead atoms. The maximum atomic E-state index is 12.7. The molecule has 6 nitrogen and oxygen atoms in total. The van der Waals surface area contributed by atoms with Crippen LogP contribution in [0.25, 0.3) is 11.3 Å². The van der Waals surface area contributed by atoms with Crippen molar-refractivity contribution in [1.29, 1.82) is 5.26 Å². The maximum absolute atomic E-state index is 12.7. The number of anilines is 1. The minimum absolute atomic E-state index is 0.147. The Morgan fingerprint density at radius 3 is 2.66 bits per heavy atom. The number of thioether (sulfide) groups is 1. The Bertz CT molecular complexity index is 1020. The average Bonchev–Trinajstić information content (AvgIpc) is 2.78. The predicted octanol–water partition coefficient (Wildman–Crippen LogP) is 4.53. The number of carbonyl (C=O) groups is 1. The van der Waals surface area contributed by atoms with Crippen LogP contribution in [-0.4, -0.2) is 28.2 Å². The van der Waals surface area contributed by atoms with Gasteiger partial charge in [0.25, 0.3) is 0 Å². The van der Waals surface area contributed by atoms with E-state index < -0.39 is 0 Å². The average molecular weight is 404 g/mol. The first kappa shape index (κ1) is 20.4. The highest BCUT2D eigenvalue weighted by Crippen LogP contribution is 2.30. The summed E-state index contributed by atoms with van der Waals surface area (Å²) in [6, 6.07) is 16.8. The molecule has 2 aromatic heterocycles. The normalized spacial score (nSPS) is 11.3. The lowest BCUT2D eigenvalue weighted by Crippen LogP contribution is -2.24. The minimum atomic E-state index is -0.388. The van der Waals surface area contributed by atoms with Crippen molar-refractivity contribution >= 4 is 23.4 Å². The largest absolute Gasteiger partial charge is 0.497 e. The van der Waals surface area contributed by atoms with Gasteiger partial charge in [-0.15, -0.1) is 0 Å². The third kappa shape index (κ3) is 5.12. The lowest BCUT2D eigenvalue weighted by atomic mass is 10.1. The Kier molecular flexibility index (Phi) is 6.82. The Hall–Kier alpha value is -3.37. The quantitative estimate of drug-likeness (QED) is 0.582. The van der Waals surface area contributed by atoms with Crippen LogP contribution in [0.3, 0.4) is 0 Å². The number of hydrogen-bond donors (Lipinski definition) is 1. The number of hydrogen-bond acceptors (Lipinski definition) is 6. The molecule has 1 N–H and O–H groups in total. The van der Waals surface area contributed by atoms with E-state index in [-0.39, 0.29) is 11.2 Å². The van der Waals surface area contributed by atoms with E-state index in [9.17, 15) is 10.1 Å². The highest BCUT2D eigenvalue weighted by atomic mass is 32.2. The zero-order valence-electron chi connectivity index (χ0n) is 16.1. The number of amides is 1. The van der Waals surface area contributed by atoms with Crippen LogP contribution in [0, 0.1) is 11.3 Å². The number of nitrogens with one attached hydrogen (secondary N) is 1. The molecule has 7 heteroatoms. The first-order valence-electron chi connectivity index (χ1n) is 9.07. The van der Waals surface area contributed by atoms with Crippen molar-refractivity contribution in [2.24, 2.45) is 0 Å². The van der Waals surface area contributed by atoms with Crippen molar-refractivity contribution in [2.75, 3.05) is 12.4 Å². The highest BCUT2D eigenvalue weighted by Gasteiger charge is 2.21. The molecule has 0 radical (unpaired) electrons. The van der Waals surface area contributed by atoms with Gasteiger partial charge < -0.3 is 10.1 Å². The molecule has 1 atom stereocenters. The standard InChI is InChI=1S/C22H20N4O2S/c1-3-20(21(27)25-17-5-4-12-24-14-17)29-22-16(13-23)8-11-19(26-22)15-6-9-18(28-2)10-7-15/h4-12,14,20H,3H2,1-2H3,(H,25,27). The van der Waals surface area contributed by atoms with Crippen molar-refractivity contribution in [3.63, 3.8) is 0 Å². The van der Waals surface area contributed by atoms with Crippen LogP contribution in [0.5, 0.6) is 5.75 Å². The van der Waals surface area contributed by atoms with Gasteiger partial charge in [-0.1, -0.05) is 18.7 Å². The monoisotopic (exact) mass is 404 g/mol. The van der Waals surface area contributed by atoms with Gasteiger partial charge in [-0.2, -0.15) is 5.26 Å². The van der Waals surface area contributed by atoms with E-state index in [0.29, 0.717) is 22.7 Å². The Labute approximate surface area is 174 Å². The van der Waals surface area contributed by atoms with Crippen LogP contribution in [0.2, 0.25) is 0 Å². The van der Waals surface area contributed by atoms with Crippen molar-refractivity contribution in [3.05, 3.63) is 66.5 Å². The van der Waals surface area contributed by atoms with Gasteiger partial charge in [0.05, 0.1) is 35.5 Å². The number of nitriles is 1. The van der Waals surface area contributed by atoms with Crippen LogP contribution in [0.1, 0.15) is 18.9 Å². The van der Waals surface area contributed by atoms with Gasteiger partial charge in [-0.25, -0.2) is 4.98 Å². The molecule has 3 rings (SSSR count). The number of methoxy groups -OCH3 is 1. The molecule has 0 saturated carbocycles. The van der Waals surface area contributed by atoms with E-state index in [1.54, 1.807) is 43.8 Å². The molecule has 0 saturated heterocycles. The van der Waals surface area contributed by atoms with Gasteiger partial charge in [0.2, 0.25) is 5.91 Å². The van der Waals surface area contributed by atoms with Crippen molar-refractivity contribution in [2.45, 2.75) is 23.6 Å². The van der Waals surface area contributed by atoms with E-state index in [1.807, 2.05) is 31.2 Å². The summed E-state index contributed by atoms with van der Waals surface area (Å²) in [6.45, 7) is 1.93. The molecule has 0 aliphatic rings. The number of pyridine rings is 2. The lowest BCUT2D eigenvalue weighted by molar-refractivity contribution is -0.115. The molecule has 3 aromatic rings. The zero-order valence-corrected chi connectivity index (χ0v) is 16.9. The number of aromatic nitrogens is 2. The van der Waals surface area contributed by atoms with Crippen LogP contribution >= 0.6 is 11.8 Å². The van der Waals surface area contributed by atoms with Crippen LogP contribution < -0.4 is 10.1 Å². The van der Waals surface area contributed by atoms with Gasteiger partial charge in [-0.05, 0) is 55.0 Å².